The third-order valence-electron chi connectivity index (χ3n) is 3.94. The molecule has 128 valence electrons. The normalized spacial score (nSPS) is 12.7. The van der Waals surface area contributed by atoms with E-state index in [1.165, 1.54) is 64.2 Å². The Morgan fingerprint density at radius 3 is 1.76 bits per heavy atom. The van der Waals surface area contributed by atoms with E-state index in [1.807, 2.05) is 0 Å². The summed E-state index contributed by atoms with van der Waals surface area (Å²) in [4.78, 5) is 0. The Balaban J connectivity index is 3.10. The van der Waals surface area contributed by atoms with Crippen LogP contribution in [0.1, 0.15) is 97.8 Å². The van der Waals surface area contributed by atoms with Gasteiger partial charge in [0.05, 0.1) is 6.10 Å². The molecule has 1 atom stereocenters. The third-order valence-corrected chi connectivity index (χ3v) is 3.94. The van der Waals surface area contributed by atoms with E-state index in [2.05, 4.69) is 20.8 Å². The van der Waals surface area contributed by atoms with Crippen molar-refractivity contribution in [1.82, 2.24) is 0 Å². The molecule has 0 aromatic heterocycles. The quantitative estimate of drug-likeness (QED) is 0.301. The highest BCUT2D eigenvalue weighted by atomic mass is 16.5. The summed E-state index contributed by atoms with van der Waals surface area (Å²) in [5.41, 5.74) is 0. The molecule has 0 aliphatic heterocycles. The predicted octanol–water partition coefficient (Wildman–Crippen LogP) is 6.13. The van der Waals surface area contributed by atoms with Crippen LogP contribution < -0.4 is 0 Å². The Hall–Kier alpha value is -0.0800. The third kappa shape index (κ3) is 17.9. The van der Waals surface area contributed by atoms with Crippen LogP contribution >= 0.6 is 0 Å². The summed E-state index contributed by atoms with van der Waals surface area (Å²) in [6, 6.07) is 0. The molecule has 0 radical (unpaired) electrons. The van der Waals surface area contributed by atoms with Crippen LogP contribution in [0.15, 0.2) is 0 Å². The fraction of sp³-hybridized carbons (Fsp3) is 1.00. The van der Waals surface area contributed by atoms with Crippen LogP contribution in [0, 0.1) is 0 Å². The molecule has 0 saturated carbocycles. The van der Waals surface area contributed by atoms with Crippen LogP contribution in [0.4, 0.5) is 0 Å². The van der Waals surface area contributed by atoms with E-state index in [0.717, 1.165) is 32.7 Å². The van der Waals surface area contributed by atoms with Gasteiger partial charge in [-0.15, -0.1) is 0 Å². The maximum atomic E-state index is 5.84. The first-order valence-electron chi connectivity index (χ1n) is 9.50. The van der Waals surface area contributed by atoms with Gasteiger partial charge in [-0.25, -0.2) is 0 Å². The number of unbranched alkanes of at least 4 members (excludes halogenated alkanes) is 8. The van der Waals surface area contributed by atoms with E-state index in [4.69, 9.17) is 9.47 Å². The van der Waals surface area contributed by atoms with Gasteiger partial charge >= 0.3 is 0 Å². The Morgan fingerprint density at radius 1 is 0.619 bits per heavy atom. The van der Waals surface area contributed by atoms with Crippen molar-refractivity contribution in [2.75, 3.05) is 19.8 Å². The molecule has 0 aromatic rings. The molecule has 2 nitrogen and oxygen atoms in total. The molecule has 0 amide bonds. The number of rotatable bonds is 17. The lowest BCUT2D eigenvalue weighted by Gasteiger charge is -2.13. The van der Waals surface area contributed by atoms with Crippen molar-refractivity contribution in [2.45, 2.75) is 104 Å². The Kier molecular flexibility index (Phi) is 17.9. The van der Waals surface area contributed by atoms with Gasteiger partial charge in [-0.2, -0.15) is 0 Å². The van der Waals surface area contributed by atoms with Crippen molar-refractivity contribution >= 4 is 0 Å². The van der Waals surface area contributed by atoms with Gasteiger partial charge in [0, 0.05) is 19.8 Å². The highest BCUT2D eigenvalue weighted by Crippen LogP contribution is 2.07. The Bertz CT molecular complexity index is 182. The van der Waals surface area contributed by atoms with E-state index >= 15 is 0 Å². The van der Waals surface area contributed by atoms with Crippen LogP contribution in [0.2, 0.25) is 0 Å². The van der Waals surface area contributed by atoms with Crippen LogP contribution in [0.5, 0.6) is 0 Å². The number of ether oxygens (including phenoxy) is 2. The van der Waals surface area contributed by atoms with E-state index in [-0.39, 0.29) is 0 Å². The summed E-state index contributed by atoms with van der Waals surface area (Å²) in [6.45, 7) is 9.48. The fourth-order valence-corrected chi connectivity index (χ4v) is 2.46. The topological polar surface area (TPSA) is 18.5 Å². The molecule has 0 aliphatic carbocycles. The van der Waals surface area contributed by atoms with Gasteiger partial charge in [0.15, 0.2) is 0 Å². The molecule has 0 saturated heterocycles. The van der Waals surface area contributed by atoms with Crippen LogP contribution in [-0.4, -0.2) is 25.9 Å². The Morgan fingerprint density at radius 2 is 1.14 bits per heavy atom. The summed E-state index contributed by atoms with van der Waals surface area (Å²) in [7, 11) is 0. The minimum atomic E-state index is 0.393. The van der Waals surface area contributed by atoms with Crippen LogP contribution in [0.3, 0.4) is 0 Å². The van der Waals surface area contributed by atoms with E-state index in [9.17, 15) is 0 Å². The molecule has 0 aromatic carbocycles. The smallest absolute Gasteiger partial charge is 0.0547 e. The Labute approximate surface area is 134 Å². The zero-order chi connectivity index (χ0) is 15.6. The van der Waals surface area contributed by atoms with E-state index in [0.29, 0.717) is 6.10 Å². The lowest BCUT2D eigenvalue weighted by Crippen LogP contribution is -2.10. The van der Waals surface area contributed by atoms with Gasteiger partial charge in [0.1, 0.15) is 0 Å². The maximum Gasteiger partial charge on any atom is 0.0547 e. The highest BCUT2D eigenvalue weighted by molar-refractivity contribution is 4.51. The number of hydrogen-bond donors (Lipinski definition) is 0. The SMILES string of the molecule is CCCCCCCOCCCC(C)OCCCCCCC. The second-order valence-electron chi connectivity index (χ2n) is 6.26. The number of hydrogen-bond acceptors (Lipinski definition) is 2. The summed E-state index contributed by atoms with van der Waals surface area (Å²) in [5, 5.41) is 0. The second-order valence-corrected chi connectivity index (χ2v) is 6.26. The molecule has 21 heavy (non-hydrogen) atoms. The standard InChI is InChI=1S/C19H40O2/c1-4-6-8-10-12-16-20-17-14-15-19(3)21-18-13-11-9-7-5-2/h19H,4-18H2,1-3H3. The van der Waals surface area contributed by atoms with Gasteiger partial charge in [0.25, 0.3) is 0 Å². The summed E-state index contributed by atoms with van der Waals surface area (Å²) in [6.07, 6.45) is 15.8. The first kappa shape index (κ1) is 20.9. The minimum absolute atomic E-state index is 0.393. The first-order chi connectivity index (χ1) is 10.3. The predicted molar refractivity (Wildman–Crippen MR) is 93.0 cm³/mol. The highest BCUT2D eigenvalue weighted by Gasteiger charge is 2.02. The van der Waals surface area contributed by atoms with Gasteiger partial charge in [-0.1, -0.05) is 65.2 Å². The zero-order valence-electron chi connectivity index (χ0n) is 15.0. The average molecular weight is 301 g/mol. The van der Waals surface area contributed by atoms with Crippen molar-refractivity contribution < 1.29 is 9.47 Å². The maximum absolute atomic E-state index is 5.84. The second kappa shape index (κ2) is 18.0. The van der Waals surface area contributed by atoms with Crippen LogP contribution in [0.25, 0.3) is 0 Å². The zero-order valence-corrected chi connectivity index (χ0v) is 15.0. The van der Waals surface area contributed by atoms with Gasteiger partial charge < -0.3 is 9.47 Å². The molecule has 0 fully saturated rings. The van der Waals surface area contributed by atoms with Gasteiger partial charge in [-0.05, 0) is 32.6 Å². The van der Waals surface area contributed by atoms with Gasteiger partial charge in [0.2, 0.25) is 0 Å². The monoisotopic (exact) mass is 300 g/mol. The van der Waals surface area contributed by atoms with Crippen molar-refractivity contribution in [2.24, 2.45) is 0 Å². The summed E-state index contributed by atoms with van der Waals surface area (Å²) >= 11 is 0. The van der Waals surface area contributed by atoms with E-state index < -0.39 is 0 Å². The molecule has 0 aliphatic rings. The molecule has 0 spiro atoms. The summed E-state index contributed by atoms with van der Waals surface area (Å²) < 4.78 is 11.5. The van der Waals surface area contributed by atoms with Gasteiger partial charge in [-0.3, -0.25) is 0 Å². The molecule has 0 bridgehead atoms. The lowest BCUT2D eigenvalue weighted by molar-refractivity contribution is 0.0462. The molecule has 2 heteroatoms. The largest absolute Gasteiger partial charge is 0.381 e. The van der Waals surface area contributed by atoms with Crippen molar-refractivity contribution in [3.05, 3.63) is 0 Å². The molecule has 0 heterocycles. The van der Waals surface area contributed by atoms with E-state index in [1.54, 1.807) is 0 Å². The fourth-order valence-electron chi connectivity index (χ4n) is 2.46. The van der Waals surface area contributed by atoms with Crippen LogP contribution in [-0.2, 0) is 9.47 Å². The molecule has 0 N–H and O–H groups in total. The minimum Gasteiger partial charge on any atom is -0.381 e. The van der Waals surface area contributed by atoms with Crippen molar-refractivity contribution in [1.29, 1.82) is 0 Å². The first-order valence-corrected chi connectivity index (χ1v) is 9.50. The average Bonchev–Trinajstić information content (AvgIpc) is 2.49. The molecule has 1 unspecified atom stereocenters. The summed E-state index contributed by atoms with van der Waals surface area (Å²) in [5.74, 6) is 0. The lowest BCUT2D eigenvalue weighted by atomic mass is 10.1. The molecular weight excluding hydrogens is 260 g/mol. The molecule has 0 rings (SSSR count). The van der Waals surface area contributed by atoms with Crippen molar-refractivity contribution in [3.63, 3.8) is 0 Å². The molecular formula is C19H40O2. The van der Waals surface area contributed by atoms with Crippen molar-refractivity contribution in [3.8, 4) is 0 Å².